The molecule has 6 heteroatoms. The molecule has 0 spiro atoms. The lowest BCUT2D eigenvalue weighted by atomic mass is 10.1. The molecule has 2 rings (SSSR count). The number of nitriles is 1. The highest BCUT2D eigenvalue weighted by molar-refractivity contribution is 7.07. The lowest BCUT2D eigenvalue weighted by Crippen LogP contribution is -2.26. The molecule has 5 nitrogen and oxygen atoms in total. The molecule has 122 valence electrons. The smallest absolute Gasteiger partial charge is 0.222 e. The van der Waals surface area contributed by atoms with E-state index >= 15 is 0 Å². The summed E-state index contributed by atoms with van der Waals surface area (Å²) >= 11 is 1.64. The van der Waals surface area contributed by atoms with Crippen LogP contribution in [0.5, 0.6) is 0 Å². The van der Waals surface area contributed by atoms with E-state index in [0.29, 0.717) is 32.4 Å². The second-order valence-corrected chi connectivity index (χ2v) is 6.44. The van der Waals surface area contributed by atoms with Crippen molar-refractivity contribution >= 4 is 17.2 Å². The van der Waals surface area contributed by atoms with Crippen LogP contribution in [-0.2, 0) is 24.3 Å². The fraction of sp³-hybridized carbons (Fsp3) is 0.471. The van der Waals surface area contributed by atoms with Gasteiger partial charge < -0.3 is 4.90 Å². The van der Waals surface area contributed by atoms with Gasteiger partial charge in [0.25, 0.3) is 0 Å². The Hall–Kier alpha value is -2.13. The van der Waals surface area contributed by atoms with Gasteiger partial charge in [-0.05, 0) is 48.2 Å². The summed E-state index contributed by atoms with van der Waals surface area (Å²) in [6.07, 6.45) is 1.62. The van der Waals surface area contributed by atoms with Gasteiger partial charge in [-0.3, -0.25) is 9.48 Å². The molecule has 0 bridgehead atoms. The van der Waals surface area contributed by atoms with Gasteiger partial charge >= 0.3 is 0 Å². The second kappa shape index (κ2) is 7.93. The molecular formula is C17H22N4OS. The molecule has 2 aromatic heterocycles. The highest BCUT2D eigenvalue weighted by Crippen LogP contribution is 2.16. The largest absolute Gasteiger partial charge is 0.341 e. The number of thiophene rings is 1. The highest BCUT2D eigenvalue weighted by Gasteiger charge is 2.15. The average Bonchev–Trinajstić information content (AvgIpc) is 3.12. The van der Waals surface area contributed by atoms with Crippen LogP contribution < -0.4 is 0 Å². The first-order valence-electron chi connectivity index (χ1n) is 7.67. The third-order valence-electron chi connectivity index (χ3n) is 3.98. The number of nitrogens with zero attached hydrogens (tertiary/aromatic N) is 4. The number of hydrogen-bond acceptors (Lipinski definition) is 4. The third-order valence-corrected chi connectivity index (χ3v) is 4.71. The molecule has 0 fully saturated rings. The molecule has 0 aliphatic rings. The average molecular weight is 330 g/mol. The minimum atomic E-state index is 0.139. The molecule has 0 aromatic carbocycles. The fourth-order valence-electron chi connectivity index (χ4n) is 2.64. The van der Waals surface area contributed by atoms with Gasteiger partial charge in [0, 0.05) is 25.7 Å². The van der Waals surface area contributed by atoms with Crippen molar-refractivity contribution < 1.29 is 4.79 Å². The van der Waals surface area contributed by atoms with Gasteiger partial charge in [0.05, 0.1) is 24.7 Å². The zero-order valence-corrected chi connectivity index (χ0v) is 14.7. The van der Waals surface area contributed by atoms with E-state index < -0.39 is 0 Å². The monoisotopic (exact) mass is 330 g/mol. The lowest BCUT2D eigenvalue weighted by molar-refractivity contribution is -0.130. The molecule has 0 aliphatic carbocycles. The van der Waals surface area contributed by atoms with Gasteiger partial charge in [0.2, 0.25) is 5.91 Å². The van der Waals surface area contributed by atoms with Crippen LogP contribution in [0.4, 0.5) is 0 Å². The number of carbonyl (C=O) groups excluding carboxylic acids is 1. The normalized spacial score (nSPS) is 10.5. The molecule has 2 aromatic rings. The van der Waals surface area contributed by atoms with Gasteiger partial charge in [-0.2, -0.15) is 21.7 Å². The van der Waals surface area contributed by atoms with Crippen molar-refractivity contribution in [1.29, 1.82) is 5.26 Å². The van der Waals surface area contributed by atoms with E-state index in [1.807, 2.05) is 37.0 Å². The minimum Gasteiger partial charge on any atom is -0.341 e. The molecule has 0 saturated carbocycles. The van der Waals surface area contributed by atoms with Gasteiger partial charge in [0.15, 0.2) is 0 Å². The second-order valence-electron chi connectivity index (χ2n) is 5.66. The van der Waals surface area contributed by atoms with Crippen LogP contribution in [0.2, 0.25) is 0 Å². The maximum atomic E-state index is 12.3. The van der Waals surface area contributed by atoms with E-state index in [4.69, 9.17) is 5.26 Å². The minimum absolute atomic E-state index is 0.139. The van der Waals surface area contributed by atoms with Crippen molar-refractivity contribution in [3.05, 3.63) is 39.3 Å². The van der Waals surface area contributed by atoms with Crippen molar-refractivity contribution in [3.63, 3.8) is 0 Å². The Morgan fingerprint density at radius 2 is 2.26 bits per heavy atom. The molecule has 0 aliphatic heterocycles. The number of aromatic nitrogens is 2. The Labute approximate surface area is 141 Å². The van der Waals surface area contributed by atoms with Gasteiger partial charge in [-0.15, -0.1) is 0 Å². The van der Waals surface area contributed by atoms with Crippen molar-refractivity contribution in [3.8, 4) is 6.07 Å². The molecule has 1 amide bonds. The summed E-state index contributed by atoms with van der Waals surface area (Å²) in [5.74, 6) is 0.139. The van der Waals surface area contributed by atoms with Gasteiger partial charge in [-0.25, -0.2) is 0 Å². The zero-order valence-electron chi connectivity index (χ0n) is 13.9. The first-order chi connectivity index (χ1) is 11.0. The number of aryl methyl sites for hydroxylation is 2. The summed E-state index contributed by atoms with van der Waals surface area (Å²) in [6.45, 7) is 5.23. The molecule has 0 atom stereocenters. The van der Waals surface area contributed by atoms with E-state index in [9.17, 15) is 4.79 Å². The van der Waals surface area contributed by atoms with Gasteiger partial charge in [-0.1, -0.05) is 0 Å². The highest BCUT2D eigenvalue weighted by atomic mass is 32.1. The number of amides is 1. The first kappa shape index (κ1) is 17.2. The number of rotatable bonds is 7. The molecule has 0 radical (unpaired) electrons. The van der Waals surface area contributed by atoms with Crippen LogP contribution >= 0.6 is 11.3 Å². The standard InChI is InChI=1S/C17H22N4OS/c1-13-16(14(2)21(19-13)9-4-8-18)5-6-17(22)20(3)11-15-7-10-23-12-15/h7,10,12H,4-6,9,11H2,1-3H3. The van der Waals surface area contributed by atoms with Crippen LogP contribution in [0.15, 0.2) is 16.8 Å². The van der Waals surface area contributed by atoms with Crippen LogP contribution in [0, 0.1) is 25.2 Å². The van der Waals surface area contributed by atoms with Crippen LogP contribution in [0.3, 0.4) is 0 Å². The summed E-state index contributed by atoms with van der Waals surface area (Å²) in [4.78, 5) is 14.1. The fourth-order valence-corrected chi connectivity index (χ4v) is 3.30. The predicted molar refractivity (Wildman–Crippen MR) is 91.0 cm³/mol. The maximum Gasteiger partial charge on any atom is 0.222 e. The SMILES string of the molecule is Cc1nn(CCC#N)c(C)c1CCC(=O)N(C)Cc1ccsc1. The molecule has 23 heavy (non-hydrogen) atoms. The Bertz CT molecular complexity index is 697. The van der Waals surface area contributed by atoms with E-state index in [2.05, 4.69) is 16.5 Å². The molecule has 2 heterocycles. The molecule has 0 unspecified atom stereocenters. The predicted octanol–water partition coefficient (Wildman–Crippen LogP) is 3.07. The molecule has 0 saturated heterocycles. The summed E-state index contributed by atoms with van der Waals surface area (Å²) < 4.78 is 1.87. The van der Waals surface area contributed by atoms with Crippen molar-refractivity contribution in [2.75, 3.05) is 7.05 Å². The number of carbonyl (C=O) groups is 1. The maximum absolute atomic E-state index is 12.3. The summed E-state index contributed by atoms with van der Waals surface area (Å²) in [5.41, 5.74) is 4.31. The lowest BCUT2D eigenvalue weighted by Gasteiger charge is -2.16. The Balaban J connectivity index is 1.93. The van der Waals surface area contributed by atoms with E-state index in [1.165, 1.54) is 5.56 Å². The Morgan fingerprint density at radius 1 is 1.48 bits per heavy atom. The molecule has 0 N–H and O–H groups in total. The van der Waals surface area contributed by atoms with E-state index in [0.717, 1.165) is 17.0 Å². The van der Waals surface area contributed by atoms with Crippen molar-refractivity contribution in [2.24, 2.45) is 0 Å². The van der Waals surface area contributed by atoms with Gasteiger partial charge in [0.1, 0.15) is 0 Å². The van der Waals surface area contributed by atoms with E-state index in [1.54, 1.807) is 16.2 Å². The van der Waals surface area contributed by atoms with Crippen LogP contribution in [0.25, 0.3) is 0 Å². The Kier molecular flexibility index (Phi) is 5.94. The zero-order chi connectivity index (χ0) is 16.8. The topological polar surface area (TPSA) is 61.9 Å². The van der Waals surface area contributed by atoms with Crippen LogP contribution in [0.1, 0.15) is 35.4 Å². The summed E-state index contributed by atoms with van der Waals surface area (Å²) in [7, 11) is 1.84. The van der Waals surface area contributed by atoms with Crippen molar-refractivity contribution in [2.45, 2.75) is 46.2 Å². The van der Waals surface area contributed by atoms with E-state index in [-0.39, 0.29) is 5.91 Å². The number of hydrogen-bond donors (Lipinski definition) is 0. The summed E-state index contributed by atoms with van der Waals surface area (Å²) in [6, 6.07) is 4.18. The molecular weight excluding hydrogens is 308 g/mol. The van der Waals surface area contributed by atoms with Crippen molar-refractivity contribution in [1.82, 2.24) is 14.7 Å². The third kappa shape index (κ3) is 4.42. The summed E-state index contributed by atoms with van der Waals surface area (Å²) in [5, 5.41) is 17.3. The quantitative estimate of drug-likeness (QED) is 0.784. The first-order valence-corrected chi connectivity index (χ1v) is 8.62. The Morgan fingerprint density at radius 3 is 2.91 bits per heavy atom. The van der Waals surface area contributed by atoms with Crippen LogP contribution in [-0.4, -0.2) is 27.6 Å².